The largest absolute Gasteiger partial charge is 0.491 e. The fourth-order valence-corrected chi connectivity index (χ4v) is 2.68. The van der Waals surface area contributed by atoms with Gasteiger partial charge >= 0.3 is 0 Å². The van der Waals surface area contributed by atoms with Gasteiger partial charge < -0.3 is 10.5 Å². The van der Waals surface area contributed by atoms with E-state index in [0.29, 0.717) is 6.61 Å². The lowest BCUT2D eigenvalue weighted by molar-refractivity contribution is 0.315. The van der Waals surface area contributed by atoms with Crippen molar-refractivity contribution in [3.05, 3.63) is 45.9 Å². The molecule has 0 saturated carbocycles. The van der Waals surface area contributed by atoms with Crippen LogP contribution in [-0.2, 0) is 12.8 Å². The van der Waals surface area contributed by atoms with Crippen LogP contribution in [-0.4, -0.2) is 17.6 Å². The molecule has 1 unspecified atom stereocenters. The number of aromatic nitrogens is 1. The second-order valence-electron chi connectivity index (χ2n) is 5.00. The van der Waals surface area contributed by atoms with Gasteiger partial charge in [0, 0.05) is 24.6 Å². The van der Waals surface area contributed by atoms with Crippen LogP contribution in [0.3, 0.4) is 0 Å². The van der Waals surface area contributed by atoms with Gasteiger partial charge in [-0.1, -0.05) is 6.92 Å². The topological polar surface area (TPSA) is 48.1 Å². The van der Waals surface area contributed by atoms with Crippen LogP contribution in [0.2, 0.25) is 0 Å². The first kappa shape index (κ1) is 15.0. The van der Waals surface area contributed by atoms with E-state index in [1.165, 1.54) is 5.56 Å². The fraction of sp³-hybridized carbons (Fsp3) is 0.438. The van der Waals surface area contributed by atoms with E-state index in [0.717, 1.165) is 36.4 Å². The Hall–Kier alpha value is -1.39. The molecule has 0 saturated heterocycles. The van der Waals surface area contributed by atoms with Crippen LogP contribution in [0.25, 0.3) is 0 Å². The van der Waals surface area contributed by atoms with Crippen molar-refractivity contribution in [3.63, 3.8) is 0 Å². The standard InChI is InChI=1S/C16H22N2OS/c1-3-14(17)10-15-16(5-4-12(2)18-15)19-8-6-13-7-9-20-11-13/h4-5,7,9,11,14H,3,6,8,10,17H2,1-2H3. The number of hydrogen-bond donors (Lipinski definition) is 1. The summed E-state index contributed by atoms with van der Waals surface area (Å²) in [6, 6.07) is 6.27. The Morgan fingerprint density at radius 1 is 1.35 bits per heavy atom. The van der Waals surface area contributed by atoms with Gasteiger partial charge in [0.15, 0.2) is 0 Å². The van der Waals surface area contributed by atoms with Gasteiger partial charge in [0.1, 0.15) is 5.75 Å². The molecule has 2 aromatic rings. The van der Waals surface area contributed by atoms with Crippen molar-refractivity contribution in [3.8, 4) is 5.75 Å². The fourth-order valence-electron chi connectivity index (χ4n) is 1.98. The molecule has 0 radical (unpaired) electrons. The van der Waals surface area contributed by atoms with E-state index in [1.807, 2.05) is 19.1 Å². The highest BCUT2D eigenvalue weighted by Gasteiger charge is 2.10. The van der Waals surface area contributed by atoms with Gasteiger partial charge in [-0.2, -0.15) is 11.3 Å². The van der Waals surface area contributed by atoms with Crippen LogP contribution in [0.4, 0.5) is 0 Å². The molecule has 0 bridgehead atoms. The van der Waals surface area contributed by atoms with E-state index in [9.17, 15) is 0 Å². The third-order valence-corrected chi connectivity index (χ3v) is 4.01. The highest BCUT2D eigenvalue weighted by Crippen LogP contribution is 2.19. The first-order chi connectivity index (χ1) is 9.69. The lowest BCUT2D eigenvalue weighted by Crippen LogP contribution is -2.22. The van der Waals surface area contributed by atoms with E-state index in [1.54, 1.807) is 11.3 Å². The van der Waals surface area contributed by atoms with Gasteiger partial charge in [-0.15, -0.1) is 0 Å². The monoisotopic (exact) mass is 290 g/mol. The van der Waals surface area contributed by atoms with Crippen LogP contribution in [0.1, 0.15) is 30.3 Å². The molecule has 0 amide bonds. The molecule has 4 heteroatoms. The molecule has 2 rings (SSSR count). The number of pyridine rings is 1. The zero-order valence-electron chi connectivity index (χ0n) is 12.1. The average Bonchev–Trinajstić information content (AvgIpc) is 2.94. The molecule has 2 N–H and O–H groups in total. The van der Waals surface area contributed by atoms with Crippen molar-refractivity contribution in [2.45, 2.75) is 39.2 Å². The minimum Gasteiger partial charge on any atom is -0.491 e. The lowest BCUT2D eigenvalue weighted by atomic mass is 10.1. The Morgan fingerprint density at radius 2 is 2.20 bits per heavy atom. The van der Waals surface area contributed by atoms with E-state index in [4.69, 9.17) is 10.5 Å². The van der Waals surface area contributed by atoms with Crippen LogP contribution in [0, 0.1) is 6.92 Å². The molecule has 0 aromatic carbocycles. The molecule has 2 aromatic heterocycles. The Balaban J connectivity index is 1.98. The number of aryl methyl sites for hydroxylation is 1. The van der Waals surface area contributed by atoms with Crippen molar-refractivity contribution >= 4 is 11.3 Å². The number of thiophene rings is 1. The smallest absolute Gasteiger partial charge is 0.140 e. The summed E-state index contributed by atoms with van der Waals surface area (Å²) in [5.41, 5.74) is 9.34. The Labute approximate surface area is 124 Å². The van der Waals surface area contributed by atoms with Gasteiger partial charge in [-0.3, -0.25) is 4.98 Å². The molecule has 3 nitrogen and oxygen atoms in total. The summed E-state index contributed by atoms with van der Waals surface area (Å²) in [6.45, 7) is 4.77. The van der Waals surface area contributed by atoms with Gasteiger partial charge in [-0.05, 0) is 47.9 Å². The molecule has 0 fully saturated rings. The lowest BCUT2D eigenvalue weighted by Gasteiger charge is -2.14. The minimum atomic E-state index is 0.142. The number of hydrogen-bond acceptors (Lipinski definition) is 4. The minimum absolute atomic E-state index is 0.142. The van der Waals surface area contributed by atoms with Crippen molar-refractivity contribution in [2.75, 3.05) is 6.61 Å². The zero-order chi connectivity index (χ0) is 14.4. The van der Waals surface area contributed by atoms with E-state index in [2.05, 4.69) is 28.7 Å². The summed E-state index contributed by atoms with van der Waals surface area (Å²) in [4.78, 5) is 4.57. The van der Waals surface area contributed by atoms with E-state index in [-0.39, 0.29) is 6.04 Å². The summed E-state index contributed by atoms with van der Waals surface area (Å²) >= 11 is 1.72. The summed E-state index contributed by atoms with van der Waals surface area (Å²) in [5.74, 6) is 0.870. The first-order valence-corrected chi connectivity index (χ1v) is 7.99. The van der Waals surface area contributed by atoms with E-state index >= 15 is 0 Å². The maximum Gasteiger partial charge on any atom is 0.140 e. The van der Waals surface area contributed by atoms with Crippen LogP contribution >= 0.6 is 11.3 Å². The van der Waals surface area contributed by atoms with Gasteiger partial charge in [0.25, 0.3) is 0 Å². The van der Waals surface area contributed by atoms with Crippen molar-refractivity contribution in [1.29, 1.82) is 0 Å². The molecule has 0 spiro atoms. The van der Waals surface area contributed by atoms with Crippen molar-refractivity contribution < 1.29 is 4.74 Å². The van der Waals surface area contributed by atoms with Crippen molar-refractivity contribution in [1.82, 2.24) is 4.98 Å². The summed E-state index contributed by atoms with van der Waals surface area (Å²) in [7, 11) is 0. The van der Waals surface area contributed by atoms with Gasteiger partial charge in [-0.25, -0.2) is 0 Å². The van der Waals surface area contributed by atoms with Crippen molar-refractivity contribution in [2.24, 2.45) is 5.73 Å². The van der Waals surface area contributed by atoms with Gasteiger partial charge in [0.2, 0.25) is 0 Å². The molecule has 1 atom stereocenters. The van der Waals surface area contributed by atoms with Crippen LogP contribution in [0.15, 0.2) is 29.0 Å². The number of ether oxygens (including phenoxy) is 1. The maximum absolute atomic E-state index is 6.04. The molecule has 2 heterocycles. The second kappa shape index (κ2) is 7.41. The molecule has 0 aliphatic carbocycles. The Morgan fingerprint density at radius 3 is 2.90 bits per heavy atom. The van der Waals surface area contributed by atoms with Gasteiger partial charge in [0.05, 0.1) is 12.3 Å². The predicted octanol–water partition coefficient (Wildman–Crippen LogP) is 3.35. The Bertz CT molecular complexity index is 525. The zero-order valence-corrected chi connectivity index (χ0v) is 13.0. The third-order valence-electron chi connectivity index (χ3n) is 3.28. The number of rotatable bonds is 7. The molecule has 0 aliphatic heterocycles. The molecular formula is C16H22N2OS. The third kappa shape index (κ3) is 4.32. The highest BCUT2D eigenvalue weighted by molar-refractivity contribution is 7.07. The SMILES string of the molecule is CCC(N)Cc1nc(C)ccc1OCCc1ccsc1. The second-order valence-corrected chi connectivity index (χ2v) is 5.78. The number of nitrogens with two attached hydrogens (primary N) is 1. The molecule has 20 heavy (non-hydrogen) atoms. The van der Waals surface area contributed by atoms with E-state index < -0.39 is 0 Å². The quantitative estimate of drug-likeness (QED) is 0.850. The molecule has 108 valence electrons. The highest BCUT2D eigenvalue weighted by atomic mass is 32.1. The predicted molar refractivity (Wildman–Crippen MR) is 84.5 cm³/mol. The maximum atomic E-state index is 6.04. The first-order valence-electron chi connectivity index (χ1n) is 7.05. The van der Waals surface area contributed by atoms with Crippen LogP contribution < -0.4 is 10.5 Å². The Kier molecular flexibility index (Phi) is 5.56. The normalized spacial score (nSPS) is 12.3. The molecular weight excluding hydrogens is 268 g/mol. The summed E-state index contributed by atoms with van der Waals surface area (Å²) in [5, 5.41) is 4.25. The summed E-state index contributed by atoms with van der Waals surface area (Å²) < 4.78 is 5.90. The summed E-state index contributed by atoms with van der Waals surface area (Å²) in [6.07, 6.45) is 2.65. The number of nitrogens with zero attached hydrogens (tertiary/aromatic N) is 1. The molecule has 0 aliphatic rings. The average molecular weight is 290 g/mol. The van der Waals surface area contributed by atoms with Crippen LogP contribution in [0.5, 0.6) is 5.75 Å².